The summed E-state index contributed by atoms with van der Waals surface area (Å²) in [6.45, 7) is 10.3. The molecule has 0 aliphatic rings. The average Bonchev–Trinajstić information content (AvgIpc) is 2.45. The van der Waals surface area contributed by atoms with Crippen LogP contribution < -0.4 is 10.2 Å². The smallest absolute Gasteiger partial charge is 0.0637 e. The van der Waals surface area contributed by atoms with Crippen molar-refractivity contribution < 1.29 is 4.74 Å². The van der Waals surface area contributed by atoms with Crippen molar-refractivity contribution in [1.29, 1.82) is 0 Å². The molecule has 1 aromatic rings. The summed E-state index contributed by atoms with van der Waals surface area (Å²) in [5, 5.41) is 3.52. The zero-order chi connectivity index (χ0) is 15.0. The zero-order valence-electron chi connectivity index (χ0n) is 13.1. The predicted molar refractivity (Wildman–Crippen MR) is 90.6 cm³/mol. The first-order valence-electron chi connectivity index (χ1n) is 7.40. The molecule has 0 amide bonds. The van der Waals surface area contributed by atoms with E-state index in [1.807, 2.05) is 0 Å². The van der Waals surface area contributed by atoms with Gasteiger partial charge in [0.2, 0.25) is 0 Å². The Bertz CT molecular complexity index is 398. The molecule has 1 aromatic carbocycles. The normalized spacial score (nSPS) is 12.4. The summed E-state index contributed by atoms with van der Waals surface area (Å²) in [4.78, 5) is 2.32. The van der Waals surface area contributed by atoms with Crippen LogP contribution in [0.5, 0.6) is 0 Å². The Balaban J connectivity index is 2.80. The number of methoxy groups -OCH3 is 1. The van der Waals surface area contributed by atoms with E-state index in [-0.39, 0.29) is 0 Å². The Kier molecular flexibility index (Phi) is 8.19. The van der Waals surface area contributed by atoms with Crippen LogP contribution in [0, 0.1) is 0 Å². The Morgan fingerprint density at radius 2 is 2.10 bits per heavy atom. The van der Waals surface area contributed by atoms with E-state index >= 15 is 0 Å². The van der Waals surface area contributed by atoms with Gasteiger partial charge in [-0.05, 0) is 44.5 Å². The average molecular weight is 343 g/mol. The van der Waals surface area contributed by atoms with Gasteiger partial charge in [0.25, 0.3) is 0 Å². The first kappa shape index (κ1) is 17.5. The van der Waals surface area contributed by atoms with E-state index in [9.17, 15) is 0 Å². The number of hydrogen-bond acceptors (Lipinski definition) is 3. The maximum Gasteiger partial charge on any atom is 0.0637 e. The SMILES string of the molecule is CCCNC(C)c1ccc(N(CC)CCOC)cc1Br. The minimum absolute atomic E-state index is 0.368. The third kappa shape index (κ3) is 5.08. The van der Waals surface area contributed by atoms with E-state index in [1.165, 1.54) is 15.7 Å². The lowest BCUT2D eigenvalue weighted by atomic mass is 10.1. The minimum Gasteiger partial charge on any atom is -0.383 e. The van der Waals surface area contributed by atoms with E-state index in [0.29, 0.717) is 6.04 Å². The van der Waals surface area contributed by atoms with Gasteiger partial charge in [-0.1, -0.05) is 28.9 Å². The minimum atomic E-state index is 0.368. The van der Waals surface area contributed by atoms with Crippen LogP contribution in [0.2, 0.25) is 0 Å². The lowest BCUT2D eigenvalue weighted by molar-refractivity contribution is 0.205. The predicted octanol–water partition coefficient (Wildman–Crippen LogP) is 3.98. The first-order chi connectivity index (χ1) is 9.63. The number of hydrogen-bond donors (Lipinski definition) is 1. The van der Waals surface area contributed by atoms with E-state index in [4.69, 9.17) is 4.74 Å². The second kappa shape index (κ2) is 9.37. The third-order valence-electron chi connectivity index (χ3n) is 3.46. The number of nitrogens with zero attached hydrogens (tertiary/aromatic N) is 1. The van der Waals surface area contributed by atoms with Crippen molar-refractivity contribution in [2.24, 2.45) is 0 Å². The summed E-state index contributed by atoms with van der Waals surface area (Å²) in [7, 11) is 1.74. The summed E-state index contributed by atoms with van der Waals surface area (Å²) in [5.41, 5.74) is 2.55. The highest BCUT2D eigenvalue weighted by molar-refractivity contribution is 9.10. The van der Waals surface area contributed by atoms with Crippen LogP contribution in [0.1, 0.15) is 38.8 Å². The van der Waals surface area contributed by atoms with Gasteiger partial charge in [0.15, 0.2) is 0 Å². The van der Waals surface area contributed by atoms with Crippen molar-refractivity contribution in [3.8, 4) is 0 Å². The van der Waals surface area contributed by atoms with Crippen LogP contribution in [-0.4, -0.2) is 33.4 Å². The molecule has 1 atom stereocenters. The number of halogens is 1. The number of ether oxygens (including phenoxy) is 1. The number of anilines is 1. The van der Waals surface area contributed by atoms with Crippen LogP contribution in [0.15, 0.2) is 22.7 Å². The van der Waals surface area contributed by atoms with E-state index in [2.05, 4.69) is 65.1 Å². The molecule has 1 rings (SSSR count). The lowest BCUT2D eigenvalue weighted by Gasteiger charge is -2.24. The molecule has 0 bridgehead atoms. The first-order valence-corrected chi connectivity index (χ1v) is 8.20. The second-order valence-corrected chi connectivity index (χ2v) is 5.81. The van der Waals surface area contributed by atoms with Crippen LogP contribution in [0.4, 0.5) is 5.69 Å². The van der Waals surface area contributed by atoms with Crippen molar-refractivity contribution in [2.75, 3.05) is 38.3 Å². The lowest BCUT2D eigenvalue weighted by Crippen LogP contribution is -2.27. The van der Waals surface area contributed by atoms with Gasteiger partial charge < -0.3 is 15.0 Å². The largest absolute Gasteiger partial charge is 0.383 e. The molecule has 0 aliphatic heterocycles. The molecule has 0 fully saturated rings. The molecule has 0 aromatic heterocycles. The monoisotopic (exact) mass is 342 g/mol. The summed E-state index contributed by atoms with van der Waals surface area (Å²) in [5.74, 6) is 0. The number of rotatable bonds is 9. The molecule has 0 heterocycles. The highest BCUT2D eigenvalue weighted by atomic mass is 79.9. The maximum atomic E-state index is 5.17. The number of benzene rings is 1. The van der Waals surface area contributed by atoms with Crippen molar-refractivity contribution in [1.82, 2.24) is 5.32 Å². The van der Waals surface area contributed by atoms with Gasteiger partial charge in [-0.2, -0.15) is 0 Å². The quantitative estimate of drug-likeness (QED) is 0.734. The number of nitrogens with one attached hydrogen (secondary N) is 1. The molecule has 114 valence electrons. The Hall–Kier alpha value is -0.580. The van der Waals surface area contributed by atoms with Crippen LogP contribution >= 0.6 is 15.9 Å². The second-order valence-electron chi connectivity index (χ2n) is 4.95. The van der Waals surface area contributed by atoms with Gasteiger partial charge in [-0.25, -0.2) is 0 Å². The topological polar surface area (TPSA) is 24.5 Å². The summed E-state index contributed by atoms with van der Waals surface area (Å²) in [6, 6.07) is 6.98. The Labute approximate surface area is 131 Å². The summed E-state index contributed by atoms with van der Waals surface area (Å²) in [6.07, 6.45) is 1.15. The Morgan fingerprint density at radius 1 is 1.35 bits per heavy atom. The third-order valence-corrected chi connectivity index (χ3v) is 4.15. The van der Waals surface area contributed by atoms with Gasteiger partial charge in [-0.3, -0.25) is 0 Å². The van der Waals surface area contributed by atoms with Gasteiger partial charge >= 0.3 is 0 Å². The molecule has 0 spiro atoms. The van der Waals surface area contributed by atoms with E-state index in [1.54, 1.807) is 7.11 Å². The van der Waals surface area contributed by atoms with Gasteiger partial charge in [-0.15, -0.1) is 0 Å². The zero-order valence-corrected chi connectivity index (χ0v) is 14.7. The fraction of sp³-hybridized carbons (Fsp3) is 0.625. The van der Waals surface area contributed by atoms with Gasteiger partial charge in [0.1, 0.15) is 0 Å². The highest BCUT2D eigenvalue weighted by Gasteiger charge is 2.11. The van der Waals surface area contributed by atoms with Crippen LogP contribution in [-0.2, 0) is 4.74 Å². The molecular weight excluding hydrogens is 316 g/mol. The van der Waals surface area contributed by atoms with E-state index < -0.39 is 0 Å². The van der Waals surface area contributed by atoms with Gasteiger partial charge in [0.05, 0.1) is 6.61 Å². The van der Waals surface area contributed by atoms with Crippen LogP contribution in [0.3, 0.4) is 0 Å². The number of likely N-dealkylation sites (N-methyl/N-ethyl adjacent to an activating group) is 1. The molecule has 1 unspecified atom stereocenters. The molecular formula is C16H27BrN2O. The standard InChI is InChI=1S/C16H27BrN2O/c1-5-9-18-13(3)15-8-7-14(12-16(15)17)19(6-2)10-11-20-4/h7-8,12-13,18H,5-6,9-11H2,1-4H3. The molecule has 4 heteroatoms. The van der Waals surface area contributed by atoms with E-state index in [0.717, 1.165) is 32.7 Å². The molecule has 0 saturated heterocycles. The maximum absolute atomic E-state index is 5.17. The fourth-order valence-electron chi connectivity index (χ4n) is 2.21. The molecule has 0 radical (unpaired) electrons. The van der Waals surface area contributed by atoms with Crippen molar-refractivity contribution in [2.45, 2.75) is 33.2 Å². The summed E-state index contributed by atoms with van der Waals surface area (Å²) < 4.78 is 6.34. The fourth-order valence-corrected chi connectivity index (χ4v) is 2.92. The summed E-state index contributed by atoms with van der Waals surface area (Å²) >= 11 is 3.71. The Morgan fingerprint density at radius 3 is 2.65 bits per heavy atom. The van der Waals surface area contributed by atoms with Crippen molar-refractivity contribution >= 4 is 21.6 Å². The van der Waals surface area contributed by atoms with Crippen molar-refractivity contribution in [3.05, 3.63) is 28.2 Å². The van der Waals surface area contributed by atoms with Crippen LogP contribution in [0.25, 0.3) is 0 Å². The van der Waals surface area contributed by atoms with Crippen molar-refractivity contribution in [3.63, 3.8) is 0 Å². The van der Waals surface area contributed by atoms with Gasteiger partial charge in [0, 0.05) is 36.4 Å². The highest BCUT2D eigenvalue weighted by Crippen LogP contribution is 2.28. The molecule has 0 saturated carbocycles. The molecule has 3 nitrogen and oxygen atoms in total. The molecule has 1 N–H and O–H groups in total. The molecule has 0 aliphatic carbocycles. The molecule has 20 heavy (non-hydrogen) atoms.